The Kier molecular flexibility index (Phi) is 12.3. The molecule has 4 aliphatic rings. The highest BCUT2D eigenvalue weighted by molar-refractivity contribution is 6.21. The molecule has 0 radical (unpaired) electrons. The van der Waals surface area contributed by atoms with Crippen LogP contribution in [0.1, 0.15) is 83.5 Å². The predicted octanol–water partition coefficient (Wildman–Crippen LogP) is 4.87. The molecular weight excluding hydrogens is 639 g/mol. The van der Waals surface area contributed by atoms with E-state index in [1.165, 1.54) is 0 Å². The van der Waals surface area contributed by atoms with Gasteiger partial charge >= 0.3 is 17.9 Å². The van der Waals surface area contributed by atoms with E-state index in [4.69, 9.17) is 32.8 Å². The van der Waals surface area contributed by atoms with Gasteiger partial charge in [-0.15, -0.1) is 23.2 Å². The number of carbonyl (C=O) groups is 3. The number of alkyl halides is 2. The number of halogens is 2. The van der Waals surface area contributed by atoms with Crippen molar-refractivity contribution in [3.8, 4) is 0 Å². The minimum atomic E-state index is -1.17. The monoisotopic (exact) mass is 680 g/mol. The largest absolute Gasteiger partial charge is 0.481 e. The maximum Gasteiger partial charge on any atom is 0.310 e. The van der Waals surface area contributed by atoms with E-state index in [1.54, 1.807) is 0 Å². The van der Waals surface area contributed by atoms with Crippen LogP contribution in [0.2, 0.25) is 0 Å². The molecule has 0 heterocycles. The Bertz CT molecular complexity index is 1110. The average molecular weight is 682 g/mol. The molecule has 0 aliphatic heterocycles. The minimum Gasteiger partial charge on any atom is -0.481 e. The predicted molar refractivity (Wildman–Crippen MR) is 158 cm³/mol. The van der Waals surface area contributed by atoms with Crippen molar-refractivity contribution in [1.29, 1.82) is 0 Å². The second kappa shape index (κ2) is 15.5. The van der Waals surface area contributed by atoms with Crippen LogP contribution >= 0.6 is 23.2 Å². The van der Waals surface area contributed by atoms with E-state index in [0.717, 1.165) is 12.8 Å². The van der Waals surface area contributed by atoms with Gasteiger partial charge in [0.05, 0.1) is 23.1 Å². The number of carboxylic acids is 2. The van der Waals surface area contributed by atoms with Gasteiger partial charge in [-0.05, 0) is 69.6 Å². The summed E-state index contributed by atoms with van der Waals surface area (Å²) in [6, 6.07) is -1.88. The van der Waals surface area contributed by atoms with Gasteiger partial charge in [0.2, 0.25) is 12.1 Å². The van der Waals surface area contributed by atoms with Gasteiger partial charge in [0.15, 0.2) is 0 Å². The fourth-order valence-corrected chi connectivity index (χ4v) is 9.39. The number of carbonyl (C=O) groups excluding carboxylic acids is 1. The van der Waals surface area contributed by atoms with Crippen molar-refractivity contribution >= 4 is 41.1 Å². The smallest absolute Gasteiger partial charge is 0.310 e. The number of hydrogen-bond acceptors (Lipinski definition) is 10. The molecule has 4 saturated carbocycles. The van der Waals surface area contributed by atoms with E-state index in [-0.39, 0.29) is 56.3 Å². The van der Waals surface area contributed by atoms with E-state index < -0.39 is 86.5 Å². The summed E-state index contributed by atoms with van der Waals surface area (Å²) in [5.74, 6) is -6.65. The number of esters is 1. The molecule has 4 aliphatic carbocycles. The first kappa shape index (κ1) is 35.6. The normalized spacial score (nSPS) is 39.7. The van der Waals surface area contributed by atoms with E-state index in [1.807, 2.05) is 0 Å². The van der Waals surface area contributed by atoms with Crippen molar-refractivity contribution < 1.29 is 49.3 Å². The van der Waals surface area contributed by atoms with Crippen molar-refractivity contribution in [2.24, 2.45) is 41.4 Å². The summed E-state index contributed by atoms with van der Waals surface area (Å²) in [6.45, 7) is 0. The van der Waals surface area contributed by atoms with Crippen molar-refractivity contribution in [2.45, 2.75) is 119 Å². The highest BCUT2D eigenvalue weighted by Crippen LogP contribution is 2.46. The topological polar surface area (TPSA) is 217 Å². The lowest BCUT2D eigenvalue weighted by Gasteiger charge is -2.43. The number of rotatable bonds is 11. The maximum atomic E-state index is 13.0. The molecule has 254 valence electrons. The lowest BCUT2D eigenvalue weighted by atomic mass is 9.67. The third kappa shape index (κ3) is 8.55. The Hall–Kier alpha value is -2.29. The first-order chi connectivity index (χ1) is 21.3. The molecule has 0 spiro atoms. The molecule has 0 bridgehead atoms. The third-order valence-corrected chi connectivity index (χ3v) is 11.8. The van der Waals surface area contributed by atoms with Crippen LogP contribution in [-0.2, 0) is 24.0 Å². The molecule has 3 N–H and O–H groups in total. The van der Waals surface area contributed by atoms with E-state index in [0.29, 0.717) is 32.1 Å². The summed E-state index contributed by atoms with van der Waals surface area (Å²) in [5, 5.41) is 51.0. The molecule has 0 aromatic carbocycles. The summed E-state index contributed by atoms with van der Waals surface area (Å²) < 4.78 is 5.67. The third-order valence-electron chi connectivity index (χ3n) is 10.9. The summed E-state index contributed by atoms with van der Waals surface area (Å²) in [4.78, 5) is 63.3. The zero-order valence-corrected chi connectivity index (χ0v) is 26.4. The van der Waals surface area contributed by atoms with Crippen molar-refractivity contribution in [3.63, 3.8) is 0 Å². The zero-order valence-electron chi connectivity index (χ0n) is 24.9. The molecule has 4 rings (SSSR count). The molecule has 16 heteroatoms. The fourth-order valence-electron chi connectivity index (χ4n) is 8.44. The molecular formula is C29H42Cl2N2O12. The summed E-state index contributed by atoms with van der Waals surface area (Å²) in [5.41, 5.74) is 0. The van der Waals surface area contributed by atoms with Crippen LogP contribution in [0, 0.1) is 61.7 Å². The molecule has 14 nitrogen and oxygen atoms in total. The van der Waals surface area contributed by atoms with Crippen LogP contribution in [0.4, 0.5) is 0 Å². The average Bonchev–Trinajstić information content (AvgIpc) is 2.99. The molecule has 45 heavy (non-hydrogen) atoms. The van der Waals surface area contributed by atoms with Crippen LogP contribution in [-0.4, -0.2) is 78.3 Å². The fraction of sp³-hybridized carbons (Fsp3) is 0.897. The highest BCUT2D eigenvalue weighted by atomic mass is 35.5. The van der Waals surface area contributed by atoms with E-state index in [9.17, 15) is 50.1 Å². The lowest BCUT2D eigenvalue weighted by molar-refractivity contribution is -0.530. The van der Waals surface area contributed by atoms with Crippen molar-refractivity contribution in [3.05, 3.63) is 20.2 Å². The summed E-state index contributed by atoms with van der Waals surface area (Å²) in [7, 11) is 0. The number of hydrogen-bond donors (Lipinski definition) is 3. The molecule has 0 saturated heterocycles. The summed E-state index contributed by atoms with van der Waals surface area (Å²) >= 11 is 13.5. The second-order valence-electron chi connectivity index (χ2n) is 13.5. The lowest BCUT2D eigenvalue weighted by Crippen LogP contribution is -2.48. The Balaban J connectivity index is 1.29. The zero-order chi connectivity index (χ0) is 33.0. The number of nitro groups is 2. The number of aliphatic carboxylic acids is 2. The Labute approximate surface area is 270 Å². The van der Waals surface area contributed by atoms with E-state index >= 15 is 0 Å². The SMILES string of the molecule is O=C(O)C1CCC([N+](=O)[O-])CC1C(=O)OC1CCC(CC2CCC(C(OO)C3CC([N+](=O)[O-])CCC3C(=O)O)C(Cl)C2)CC1Cl. The van der Waals surface area contributed by atoms with Gasteiger partial charge in [0.1, 0.15) is 12.2 Å². The number of ether oxygens (including phenoxy) is 1. The minimum absolute atomic E-state index is 0.00230. The van der Waals surface area contributed by atoms with Gasteiger partial charge in [-0.25, -0.2) is 4.89 Å². The molecule has 0 amide bonds. The molecule has 13 atom stereocenters. The Morgan fingerprint density at radius 3 is 1.80 bits per heavy atom. The number of carboxylic acid groups (broad SMARTS) is 2. The van der Waals surface area contributed by atoms with Crippen molar-refractivity contribution in [1.82, 2.24) is 0 Å². The first-order valence-corrected chi connectivity index (χ1v) is 16.7. The standard InChI is InChI=1S/C29H42Cl2N2O12/c30-23-10-14(1-5-20(23)26(45-43)21-12-16(32(39)40)3-6-18(21)27(34)35)9-15-2-8-25(24(31)11-15)44-29(38)22-13-17(33(41)42)4-7-19(22)28(36)37/h14-26,43H,1-13H2,(H,34,35)(H,36,37). The van der Waals surface area contributed by atoms with Gasteiger partial charge in [-0.3, -0.25) is 39.9 Å². The Morgan fingerprint density at radius 1 is 0.711 bits per heavy atom. The maximum absolute atomic E-state index is 13.0. The Morgan fingerprint density at radius 2 is 1.27 bits per heavy atom. The first-order valence-electron chi connectivity index (χ1n) is 15.8. The van der Waals surface area contributed by atoms with Crippen LogP contribution < -0.4 is 0 Å². The van der Waals surface area contributed by atoms with E-state index in [2.05, 4.69) is 0 Å². The van der Waals surface area contributed by atoms with Gasteiger partial charge in [0.25, 0.3) is 0 Å². The highest BCUT2D eigenvalue weighted by Gasteiger charge is 2.49. The van der Waals surface area contributed by atoms with Gasteiger partial charge in [-0.2, -0.15) is 0 Å². The summed E-state index contributed by atoms with van der Waals surface area (Å²) in [6.07, 6.45) is 3.14. The number of nitrogens with zero attached hydrogens (tertiary/aromatic N) is 2. The van der Waals surface area contributed by atoms with Crippen molar-refractivity contribution in [2.75, 3.05) is 0 Å². The van der Waals surface area contributed by atoms with Gasteiger partial charge < -0.3 is 14.9 Å². The molecule has 13 unspecified atom stereocenters. The second-order valence-corrected chi connectivity index (χ2v) is 14.6. The van der Waals surface area contributed by atoms with Crippen LogP contribution in [0.15, 0.2) is 0 Å². The van der Waals surface area contributed by atoms with Gasteiger partial charge in [0, 0.05) is 52.7 Å². The van der Waals surface area contributed by atoms with Crippen LogP contribution in [0.5, 0.6) is 0 Å². The molecule has 4 fully saturated rings. The molecule has 0 aromatic heterocycles. The van der Waals surface area contributed by atoms with Crippen LogP contribution in [0.3, 0.4) is 0 Å². The quantitative estimate of drug-likeness (QED) is 0.0875. The van der Waals surface area contributed by atoms with Gasteiger partial charge in [-0.1, -0.05) is 0 Å². The molecule has 0 aromatic rings. The van der Waals surface area contributed by atoms with Crippen LogP contribution in [0.25, 0.3) is 0 Å².